The van der Waals surface area contributed by atoms with Gasteiger partial charge in [-0.05, 0) is 69.6 Å². The molecular weight excluding hydrogens is 1050 g/mol. The van der Waals surface area contributed by atoms with E-state index < -0.39 is 0 Å². The predicted molar refractivity (Wildman–Crippen MR) is 338 cm³/mol. The highest BCUT2D eigenvalue weighted by Crippen LogP contribution is 2.17. The quantitative estimate of drug-likeness (QED) is 0.0322. The van der Waals surface area contributed by atoms with E-state index in [2.05, 4.69) is 83.9 Å². The summed E-state index contributed by atoms with van der Waals surface area (Å²) < 4.78 is 34.2. The summed E-state index contributed by atoms with van der Waals surface area (Å²) >= 11 is 0. The third-order valence-corrected chi connectivity index (χ3v) is 16.1. The largest absolute Gasteiger partial charge is 0.466 e. The highest BCUT2D eigenvalue weighted by atomic mass is 16.5. The number of carbonyl (C=O) groups excluding carboxylic acids is 5. The van der Waals surface area contributed by atoms with Gasteiger partial charge in [-0.1, -0.05) is 184 Å². The number of piperazine rings is 1. The number of rotatable bonds is 57. The van der Waals surface area contributed by atoms with Gasteiger partial charge in [0.1, 0.15) is 13.2 Å². The van der Waals surface area contributed by atoms with Gasteiger partial charge in [0, 0.05) is 90.7 Å². The Balaban J connectivity index is 2.56. The van der Waals surface area contributed by atoms with Crippen LogP contribution in [0.5, 0.6) is 0 Å². The summed E-state index contributed by atoms with van der Waals surface area (Å²) in [6.45, 7) is 31.5. The Hall–Kier alpha value is -2.85. The van der Waals surface area contributed by atoms with Crippen LogP contribution in [0.2, 0.25) is 0 Å². The first kappa shape index (κ1) is 78.2. The Bertz CT molecular complexity index is 1540. The second-order valence-corrected chi connectivity index (χ2v) is 26.0. The minimum Gasteiger partial charge on any atom is -0.466 e. The zero-order valence-electron chi connectivity index (χ0n) is 55.5. The lowest BCUT2D eigenvalue weighted by Gasteiger charge is -2.44. The molecule has 1 saturated heterocycles. The number of hydrogen-bond acceptors (Lipinski definition) is 15. The molecule has 2 atom stereocenters. The van der Waals surface area contributed by atoms with E-state index in [0.29, 0.717) is 85.3 Å². The van der Waals surface area contributed by atoms with Crippen LogP contribution in [0.15, 0.2) is 0 Å². The second kappa shape index (κ2) is 53.4. The van der Waals surface area contributed by atoms with Crippen LogP contribution in [0, 0.1) is 23.7 Å². The van der Waals surface area contributed by atoms with E-state index >= 15 is 0 Å². The summed E-state index contributed by atoms with van der Waals surface area (Å²) in [5, 5.41) is 0. The van der Waals surface area contributed by atoms with Crippen molar-refractivity contribution in [3.63, 3.8) is 0 Å². The molecule has 83 heavy (non-hydrogen) atoms. The van der Waals surface area contributed by atoms with E-state index in [1.807, 2.05) is 4.90 Å². The minimum absolute atomic E-state index is 0.149. The van der Waals surface area contributed by atoms with Gasteiger partial charge in [-0.3, -0.25) is 33.8 Å². The number of ether oxygens (including phenoxy) is 6. The predicted octanol–water partition coefficient (Wildman–Crippen LogP) is 14.0. The summed E-state index contributed by atoms with van der Waals surface area (Å²) in [7, 11) is 0. The Morgan fingerprint density at radius 1 is 0.325 bits per heavy atom. The molecule has 0 bridgehead atoms. The molecule has 1 aliphatic heterocycles. The summed E-state index contributed by atoms with van der Waals surface area (Å²) in [6.07, 6.45) is 29.8. The fourth-order valence-corrected chi connectivity index (χ4v) is 10.6. The van der Waals surface area contributed by atoms with Crippen LogP contribution in [-0.4, -0.2) is 173 Å². The molecule has 1 fully saturated rings. The molecule has 488 valence electrons. The standard InChI is InChI=1S/C68H130N4O11/c1-58(2)32-23-15-11-19-27-49-78-50-31-41-69(42-36-64(73)79-51-28-20-12-16-24-33-59(3)4)43-37-67(76)82-54-47-71-56-63(10)72(57-62(71)9)48-55-83-68(77)40-46-70(44-38-65(74)80-52-29-21-13-17-25-34-60(5)6)45-39-66(75)81-53-30-22-14-18-26-35-61(7)8/h58-63H,11-57H2,1-10H3. The van der Waals surface area contributed by atoms with Crippen molar-refractivity contribution >= 4 is 29.8 Å². The normalized spacial score (nSPS) is 15.1. The summed E-state index contributed by atoms with van der Waals surface area (Å²) in [4.78, 5) is 73.2. The average Bonchev–Trinajstić information content (AvgIpc) is 3.47. The number of hydrogen-bond donors (Lipinski definition) is 0. The van der Waals surface area contributed by atoms with Crippen molar-refractivity contribution in [2.24, 2.45) is 23.7 Å². The third kappa shape index (κ3) is 49.9. The number of carbonyl (C=O) groups is 5. The zero-order chi connectivity index (χ0) is 61.1. The Kier molecular flexibility index (Phi) is 50.3. The fourth-order valence-electron chi connectivity index (χ4n) is 10.6. The first-order valence-corrected chi connectivity index (χ1v) is 34.2. The maximum absolute atomic E-state index is 13.1. The van der Waals surface area contributed by atoms with E-state index in [4.69, 9.17) is 28.4 Å². The van der Waals surface area contributed by atoms with Crippen molar-refractivity contribution in [1.29, 1.82) is 0 Å². The van der Waals surface area contributed by atoms with Crippen molar-refractivity contribution < 1.29 is 52.4 Å². The van der Waals surface area contributed by atoms with Crippen molar-refractivity contribution in [1.82, 2.24) is 19.6 Å². The van der Waals surface area contributed by atoms with E-state index in [1.165, 1.54) is 96.3 Å². The molecule has 0 aromatic heterocycles. The van der Waals surface area contributed by atoms with Crippen LogP contribution in [-0.2, 0) is 52.4 Å². The monoisotopic (exact) mass is 1180 g/mol. The summed E-state index contributed by atoms with van der Waals surface area (Å²) in [6, 6.07) is 0.428. The van der Waals surface area contributed by atoms with Crippen molar-refractivity contribution in [3.8, 4) is 0 Å². The molecule has 2 unspecified atom stereocenters. The summed E-state index contributed by atoms with van der Waals surface area (Å²) in [5.41, 5.74) is 0. The lowest BCUT2D eigenvalue weighted by atomic mass is 10.0. The van der Waals surface area contributed by atoms with Crippen LogP contribution in [0.4, 0.5) is 0 Å². The van der Waals surface area contributed by atoms with Crippen LogP contribution in [0.25, 0.3) is 0 Å². The Morgan fingerprint density at radius 2 is 0.566 bits per heavy atom. The molecule has 0 saturated carbocycles. The number of unbranched alkanes of at least 4 members (excludes halogenated alkanes) is 16. The molecule has 0 amide bonds. The first-order valence-electron chi connectivity index (χ1n) is 34.2. The molecule has 0 aromatic rings. The van der Waals surface area contributed by atoms with Gasteiger partial charge in [0.05, 0.1) is 51.9 Å². The van der Waals surface area contributed by atoms with Gasteiger partial charge in [0.25, 0.3) is 0 Å². The van der Waals surface area contributed by atoms with Gasteiger partial charge in [-0.25, -0.2) is 0 Å². The van der Waals surface area contributed by atoms with Gasteiger partial charge < -0.3 is 38.2 Å². The minimum atomic E-state index is -0.310. The third-order valence-electron chi connectivity index (χ3n) is 16.1. The first-order chi connectivity index (χ1) is 39.9. The topological polar surface area (TPSA) is 154 Å². The van der Waals surface area contributed by atoms with E-state index in [0.717, 1.165) is 114 Å². The number of nitrogens with zero attached hydrogens (tertiary/aromatic N) is 4. The van der Waals surface area contributed by atoms with E-state index in [1.54, 1.807) is 0 Å². The average molecular weight is 1180 g/mol. The van der Waals surface area contributed by atoms with Crippen molar-refractivity contribution in [2.75, 3.05) is 112 Å². The van der Waals surface area contributed by atoms with Crippen molar-refractivity contribution in [3.05, 3.63) is 0 Å². The molecule has 15 nitrogen and oxygen atoms in total. The molecule has 0 aliphatic carbocycles. The number of esters is 5. The van der Waals surface area contributed by atoms with Gasteiger partial charge in [0.15, 0.2) is 0 Å². The molecule has 0 radical (unpaired) electrons. The maximum atomic E-state index is 13.1. The Morgan fingerprint density at radius 3 is 0.867 bits per heavy atom. The van der Waals surface area contributed by atoms with E-state index in [9.17, 15) is 24.0 Å². The molecule has 1 heterocycles. The van der Waals surface area contributed by atoms with Gasteiger partial charge in [0.2, 0.25) is 0 Å². The lowest BCUT2D eigenvalue weighted by molar-refractivity contribution is -0.147. The smallest absolute Gasteiger partial charge is 0.307 e. The van der Waals surface area contributed by atoms with Crippen LogP contribution in [0.1, 0.15) is 262 Å². The van der Waals surface area contributed by atoms with Gasteiger partial charge in [-0.2, -0.15) is 0 Å². The maximum Gasteiger partial charge on any atom is 0.307 e. The summed E-state index contributed by atoms with van der Waals surface area (Å²) in [5.74, 6) is 1.73. The molecule has 1 aliphatic rings. The second-order valence-electron chi connectivity index (χ2n) is 26.0. The van der Waals surface area contributed by atoms with Gasteiger partial charge >= 0.3 is 29.8 Å². The Labute approximate surface area is 509 Å². The molecule has 0 aromatic carbocycles. The molecule has 0 spiro atoms. The fraction of sp³-hybridized carbons (Fsp3) is 0.926. The SMILES string of the molecule is CC(C)CCCCCCCOCCCN(CCC(=O)OCCCCCCCC(C)C)CCC(=O)OCCN1CC(C)N(CCOC(=O)CCN(CCC(=O)OCCCCCCCC(C)C)CCC(=O)OCCCCCCCC(C)C)CC1C. The van der Waals surface area contributed by atoms with E-state index in [-0.39, 0.29) is 74.2 Å². The highest BCUT2D eigenvalue weighted by molar-refractivity contribution is 5.71. The molecule has 0 N–H and O–H groups in total. The molecule has 1 rings (SSSR count). The van der Waals surface area contributed by atoms with Crippen molar-refractivity contribution in [2.45, 2.75) is 274 Å². The lowest BCUT2D eigenvalue weighted by Crippen LogP contribution is -2.57. The van der Waals surface area contributed by atoms with Crippen LogP contribution < -0.4 is 0 Å². The van der Waals surface area contributed by atoms with Gasteiger partial charge in [-0.15, -0.1) is 0 Å². The molecular formula is C68H130N4O11. The van der Waals surface area contributed by atoms with Crippen LogP contribution >= 0.6 is 0 Å². The highest BCUT2D eigenvalue weighted by Gasteiger charge is 2.29. The van der Waals surface area contributed by atoms with Crippen LogP contribution in [0.3, 0.4) is 0 Å². The zero-order valence-corrected chi connectivity index (χ0v) is 55.5. The molecule has 15 heteroatoms.